The predicted molar refractivity (Wildman–Crippen MR) is 43.2 cm³/mol. The van der Waals surface area contributed by atoms with E-state index >= 15 is 0 Å². The molecule has 0 saturated heterocycles. The summed E-state index contributed by atoms with van der Waals surface area (Å²) >= 11 is 5.31. The van der Waals surface area contributed by atoms with Gasteiger partial charge in [-0.05, 0) is 0 Å². The van der Waals surface area contributed by atoms with E-state index in [0.29, 0.717) is 0 Å². The molecule has 0 amide bonds. The van der Waals surface area contributed by atoms with E-state index in [0.717, 1.165) is 6.32 Å². The SMILES string of the molecule is CCCCC[B]Cl.O.O. The van der Waals surface area contributed by atoms with Gasteiger partial charge < -0.3 is 11.0 Å². The third-order valence-corrected chi connectivity index (χ3v) is 1.14. The molecule has 2 nitrogen and oxygen atoms in total. The van der Waals surface area contributed by atoms with Gasteiger partial charge in [0, 0.05) is 0 Å². The largest absolute Gasteiger partial charge is 0.412 e. The van der Waals surface area contributed by atoms with E-state index in [1.807, 2.05) is 0 Å². The van der Waals surface area contributed by atoms with Crippen LogP contribution in [0.15, 0.2) is 0 Å². The van der Waals surface area contributed by atoms with Gasteiger partial charge in [-0.25, -0.2) is 11.5 Å². The Bertz CT molecular complexity index is 34.1. The molecule has 0 aromatic carbocycles. The average Bonchev–Trinajstić information content (AvgIpc) is 1.69. The zero-order valence-corrected chi connectivity index (χ0v) is 6.54. The maximum absolute atomic E-state index is 5.31. The van der Waals surface area contributed by atoms with Crippen LogP contribution in [0.4, 0.5) is 0 Å². The van der Waals surface area contributed by atoms with Crippen molar-refractivity contribution in [1.29, 1.82) is 0 Å². The van der Waals surface area contributed by atoms with Crippen molar-refractivity contribution in [2.75, 3.05) is 0 Å². The van der Waals surface area contributed by atoms with Gasteiger partial charge in [0.15, 0.2) is 0 Å². The van der Waals surface area contributed by atoms with Crippen molar-refractivity contribution in [3.8, 4) is 0 Å². The summed E-state index contributed by atoms with van der Waals surface area (Å²) in [5.74, 6) is 0. The van der Waals surface area contributed by atoms with Gasteiger partial charge in [-0.15, -0.1) is 0 Å². The van der Waals surface area contributed by atoms with Gasteiger partial charge in [0.05, 0.1) is 0 Å². The second-order valence-electron chi connectivity index (χ2n) is 1.65. The van der Waals surface area contributed by atoms with Gasteiger partial charge in [-0.2, -0.15) is 0 Å². The lowest BCUT2D eigenvalue weighted by Gasteiger charge is -1.88. The standard InChI is InChI=1S/C5H11BCl.2H2O/c1-2-3-4-5-6-7;;/h2-5H2,1H3;2*1H2. The highest BCUT2D eigenvalue weighted by atomic mass is 35.5. The van der Waals surface area contributed by atoms with Crippen molar-refractivity contribution in [1.82, 2.24) is 0 Å². The Labute approximate surface area is 62.4 Å². The molecule has 0 spiro atoms. The fourth-order valence-corrected chi connectivity index (χ4v) is 0.626. The van der Waals surface area contributed by atoms with Crippen LogP contribution in [0.1, 0.15) is 26.2 Å². The predicted octanol–water partition coefficient (Wildman–Crippen LogP) is 0.803. The Balaban J connectivity index is -0.000000180. The molecular formula is C5H15BClO2. The molecule has 0 bridgehead atoms. The van der Waals surface area contributed by atoms with Crippen LogP contribution in [0.2, 0.25) is 6.32 Å². The van der Waals surface area contributed by atoms with Gasteiger partial charge in [0.2, 0.25) is 6.69 Å². The zero-order chi connectivity index (χ0) is 5.54. The Morgan fingerprint density at radius 2 is 1.78 bits per heavy atom. The highest BCUT2D eigenvalue weighted by Gasteiger charge is 1.83. The maximum Gasteiger partial charge on any atom is 0.238 e. The smallest absolute Gasteiger partial charge is 0.238 e. The molecule has 0 aromatic rings. The molecule has 0 heterocycles. The van der Waals surface area contributed by atoms with Crippen LogP contribution in [-0.2, 0) is 0 Å². The summed E-state index contributed by atoms with van der Waals surface area (Å²) in [7, 11) is 0. The normalized spacial score (nSPS) is 6.89. The number of hydrogen-bond acceptors (Lipinski definition) is 0. The Hall–Kier alpha value is 0.275. The molecule has 0 aliphatic rings. The number of halogens is 1. The molecule has 4 N–H and O–H groups in total. The molecule has 0 aliphatic heterocycles. The molecular weight excluding hydrogens is 138 g/mol. The van der Waals surface area contributed by atoms with Crippen LogP contribution in [0, 0.1) is 0 Å². The first-order chi connectivity index (χ1) is 3.41. The quantitative estimate of drug-likeness (QED) is 0.424. The second-order valence-corrected chi connectivity index (χ2v) is 1.96. The molecule has 0 saturated carbocycles. The highest BCUT2D eigenvalue weighted by molar-refractivity contribution is 6.93. The Morgan fingerprint density at radius 1 is 1.22 bits per heavy atom. The second kappa shape index (κ2) is 15.7. The fraction of sp³-hybridized carbons (Fsp3) is 1.00. The molecule has 0 unspecified atom stereocenters. The first kappa shape index (κ1) is 16.1. The van der Waals surface area contributed by atoms with Crippen LogP contribution in [-0.4, -0.2) is 17.6 Å². The van der Waals surface area contributed by atoms with Crippen molar-refractivity contribution < 1.29 is 11.0 Å². The topological polar surface area (TPSA) is 63.0 Å². The minimum atomic E-state index is 0. The summed E-state index contributed by atoms with van der Waals surface area (Å²) in [6, 6.07) is 0. The lowest BCUT2D eigenvalue weighted by molar-refractivity contribution is 0.770. The molecule has 1 radical (unpaired) electrons. The van der Waals surface area contributed by atoms with E-state index < -0.39 is 0 Å². The minimum absolute atomic E-state index is 0. The van der Waals surface area contributed by atoms with E-state index in [4.69, 9.17) is 11.5 Å². The molecule has 0 aliphatic carbocycles. The number of rotatable bonds is 4. The lowest BCUT2D eigenvalue weighted by atomic mass is 9.98. The Morgan fingerprint density at radius 3 is 2.11 bits per heavy atom. The highest BCUT2D eigenvalue weighted by Crippen LogP contribution is 1.98. The third-order valence-electron chi connectivity index (χ3n) is 0.917. The van der Waals surface area contributed by atoms with Crippen molar-refractivity contribution >= 4 is 18.2 Å². The Kier molecular flexibility index (Phi) is 28.2. The summed E-state index contributed by atoms with van der Waals surface area (Å²) in [5.41, 5.74) is 0. The summed E-state index contributed by atoms with van der Waals surface area (Å²) in [6.07, 6.45) is 4.91. The number of unbranched alkanes of at least 4 members (excludes halogenated alkanes) is 2. The van der Waals surface area contributed by atoms with E-state index in [2.05, 4.69) is 6.92 Å². The van der Waals surface area contributed by atoms with Crippen molar-refractivity contribution in [2.45, 2.75) is 32.5 Å². The summed E-state index contributed by atoms with van der Waals surface area (Å²) in [6.45, 7) is 3.89. The summed E-state index contributed by atoms with van der Waals surface area (Å²) < 4.78 is 0. The van der Waals surface area contributed by atoms with Crippen LogP contribution in [0.3, 0.4) is 0 Å². The molecule has 57 valence electrons. The molecule has 4 heteroatoms. The van der Waals surface area contributed by atoms with Crippen molar-refractivity contribution in [3.63, 3.8) is 0 Å². The van der Waals surface area contributed by atoms with Gasteiger partial charge in [0.1, 0.15) is 0 Å². The molecule has 0 aromatic heterocycles. The third kappa shape index (κ3) is 17.8. The van der Waals surface area contributed by atoms with Gasteiger partial charge >= 0.3 is 0 Å². The summed E-state index contributed by atoms with van der Waals surface area (Å²) in [4.78, 5) is 0. The van der Waals surface area contributed by atoms with E-state index in [9.17, 15) is 0 Å². The van der Waals surface area contributed by atoms with E-state index in [-0.39, 0.29) is 11.0 Å². The lowest BCUT2D eigenvalue weighted by Crippen LogP contribution is -1.76. The van der Waals surface area contributed by atoms with Crippen LogP contribution in [0.25, 0.3) is 0 Å². The monoisotopic (exact) mass is 153 g/mol. The first-order valence-corrected chi connectivity index (χ1v) is 3.27. The van der Waals surface area contributed by atoms with E-state index in [1.165, 1.54) is 19.3 Å². The van der Waals surface area contributed by atoms with Crippen molar-refractivity contribution in [3.05, 3.63) is 0 Å². The van der Waals surface area contributed by atoms with Crippen LogP contribution >= 0.6 is 11.5 Å². The van der Waals surface area contributed by atoms with Gasteiger partial charge in [-0.1, -0.05) is 32.5 Å². The zero-order valence-electron chi connectivity index (χ0n) is 5.78. The molecule has 9 heavy (non-hydrogen) atoms. The molecule has 0 rings (SSSR count). The van der Waals surface area contributed by atoms with Crippen LogP contribution in [0.5, 0.6) is 0 Å². The number of hydrogen-bond donors (Lipinski definition) is 0. The first-order valence-electron chi connectivity index (χ1n) is 2.83. The van der Waals surface area contributed by atoms with Crippen LogP contribution < -0.4 is 0 Å². The fourth-order valence-electron chi connectivity index (χ4n) is 0.471. The molecule has 0 atom stereocenters. The molecule has 0 fully saturated rings. The minimum Gasteiger partial charge on any atom is -0.412 e. The van der Waals surface area contributed by atoms with Gasteiger partial charge in [0.25, 0.3) is 0 Å². The van der Waals surface area contributed by atoms with Gasteiger partial charge in [-0.3, -0.25) is 0 Å². The average molecular weight is 153 g/mol. The van der Waals surface area contributed by atoms with E-state index in [1.54, 1.807) is 6.69 Å². The van der Waals surface area contributed by atoms with Crippen molar-refractivity contribution in [2.24, 2.45) is 0 Å². The summed E-state index contributed by atoms with van der Waals surface area (Å²) in [5, 5.41) is 0. The maximum atomic E-state index is 5.31.